The van der Waals surface area contributed by atoms with Crippen molar-refractivity contribution in [3.63, 3.8) is 0 Å². The van der Waals surface area contributed by atoms with Crippen LogP contribution in [0.5, 0.6) is 17.2 Å². The Kier molecular flexibility index (Phi) is 7.97. The van der Waals surface area contributed by atoms with Gasteiger partial charge in [-0.3, -0.25) is 0 Å². The van der Waals surface area contributed by atoms with E-state index < -0.39 is 13.2 Å². The molecule has 0 amide bonds. The molecule has 3 aromatic rings. The molecule has 0 radical (unpaired) electrons. The van der Waals surface area contributed by atoms with E-state index in [1.807, 2.05) is 42.5 Å². The lowest BCUT2D eigenvalue weighted by Crippen LogP contribution is -2.34. The molecule has 0 aromatic heterocycles. The highest BCUT2D eigenvalue weighted by Gasteiger charge is 2.40. The van der Waals surface area contributed by atoms with E-state index in [0.717, 1.165) is 69.4 Å². The molecule has 0 bridgehead atoms. The molecule has 1 aliphatic carbocycles. The molecular formula is C32H26F4N2O3S. The lowest BCUT2D eigenvalue weighted by molar-refractivity contribution is -0.0505. The maximum Gasteiger partial charge on any atom is 0.387 e. The van der Waals surface area contributed by atoms with Crippen LogP contribution < -0.4 is 14.2 Å². The van der Waals surface area contributed by atoms with E-state index in [4.69, 9.17) is 9.73 Å². The normalized spacial score (nSPS) is 19.1. The third kappa shape index (κ3) is 5.76. The second-order valence-corrected chi connectivity index (χ2v) is 10.6. The van der Waals surface area contributed by atoms with Crippen molar-refractivity contribution in [3.8, 4) is 17.2 Å². The Morgan fingerprint density at radius 3 is 2.07 bits per heavy atom. The summed E-state index contributed by atoms with van der Waals surface area (Å²) in [6, 6.07) is 20.9. The molecule has 2 heterocycles. The quantitative estimate of drug-likeness (QED) is 0.244. The lowest BCUT2D eigenvalue weighted by atomic mass is 9.82. The van der Waals surface area contributed by atoms with E-state index in [9.17, 15) is 17.6 Å². The number of ether oxygens (including phenoxy) is 3. The number of hydrogen-bond donors (Lipinski definition) is 0. The molecule has 1 atom stereocenters. The van der Waals surface area contributed by atoms with Gasteiger partial charge in [-0.25, -0.2) is 4.99 Å². The minimum Gasteiger partial charge on any atom is -0.497 e. The van der Waals surface area contributed by atoms with Crippen LogP contribution in [0, 0.1) is 0 Å². The Bertz CT molecular complexity index is 1570. The van der Waals surface area contributed by atoms with Crippen LogP contribution in [0.15, 0.2) is 100 Å². The monoisotopic (exact) mass is 594 g/mol. The summed E-state index contributed by atoms with van der Waals surface area (Å²) in [6.07, 6.45) is 4.55. The zero-order chi connectivity index (χ0) is 29.2. The molecule has 42 heavy (non-hydrogen) atoms. The molecule has 2 aliphatic heterocycles. The fourth-order valence-corrected chi connectivity index (χ4v) is 6.39. The molecule has 3 aliphatic rings. The van der Waals surface area contributed by atoms with Crippen LogP contribution in [0.25, 0.3) is 11.8 Å². The van der Waals surface area contributed by atoms with Crippen molar-refractivity contribution in [2.75, 3.05) is 7.11 Å². The second-order valence-electron chi connectivity index (χ2n) is 9.81. The van der Waals surface area contributed by atoms with E-state index >= 15 is 0 Å². The van der Waals surface area contributed by atoms with Crippen LogP contribution in [0.2, 0.25) is 0 Å². The number of aliphatic imine (C=N–C) groups is 1. The first-order valence-corrected chi connectivity index (χ1v) is 14.2. The molecule has 0 saturated carbocycles. The number of nitrogens with zero attached hydrogens (tertiary/aromatic N) is 2. The lowest BCUT2D eigenvalue weighted by Gasteiger charge is -2.40. The highest BCUT2D eigenvalue weighted by molar-refractivity contribution is 8.16. The summed E-state index contributed by atoms with van der Waals surface area (Å²) in [5, 5.41) is 2.89. The van der Waals surface area contributed by atoms with Crippen molar-refractivity contribution in [3.05, 3.63) is 112 Å². The molecule has 10 heteroatoms. The molecule has 0 N–H and O–H groups in total. The Balaban J connectivity index is 1.41. The average Bonchev–Trinajstić information content (AvgIpc) is 3.41. The van der Waals surface area contributed by atoms with Gasteiger partial charge in [0.2, 0.25) is 0 Å². The maximum absolute atomic E-state index is 12.8. The van der Waals surface area contributed by atoms with Gasteiger partial charge in [0.05, 0.1) is 24.5 Å². The van der Waals surface area contributed by atoms with E-state index in [1.165, 1.54) is 23.9 Å². The minimum atomic E-state index is -2.90. The molecule has 3 aromatic carbocycles. The van der Waals surface area contributed by atoms with E-state index in [2.05, 4.69) is 19.8 Å². The number of fused-ring (bicyclic) bond motifs is 1. The zero-order valence-electron chi connectivity index (χ0n) is 22.5. The molecule has 216 valence electrons. The first kappa shape index (κ1) is 28.0. The molecule has 6 rings (SSSR count). The molecule has 0 unspecified atom stereocenters. The zero-order valence-corrected chi connectivity index (χ0v) is 23.3. The Morgan fingerprint density at radius 2 is 1.45 bits per heavy atom. The van der Waals surface area contributed by atoms with E-state index in [-0.39, 0.29) is 17.5 Å². The molecule has 0 fully saturated rings. The molecule has 0 saturated heterocycles. The third-order valence-electron chi connectivity index (χ3n) is 7.29. The number of halogens is 4. The number of benzene rings is 3. The Hall–Kier alpha value is -4.18. The standard InChI is InChI=1S/C32H26F4N2O3S/c1-39-23-13-7-20(8-14-23)27-18-42-32-37-28-22(17-19-5-11-24(12-6-19)40-30(33)34)3-2-4-26(28)29(38(27)32)21-9-15-25(16-10-21)41-31(35)36/h5-18,29-31H,2-4H2,1H3/b22-17-/t29-/m0/s1. The molecular weight excluding hydrogens is 568 g/mol. The van der Waals surface area contributed by atoms with Gasteiger partial charge >= 0.3 is 13.2 Å². The van der Waals surface area contributed by atoms with Gasteiger partial charge in [0.15, 0.2) is 5.17 Å². The number of allylic oxidation sites excluding steroid dienone is 1. The summed E-state index contributed by atoms with van der Waals surface area (Å²) >= 11 is 1.53. The summed E-state index contributed by atoms with van der Waals surface area (Å²) in [4.78, 5) is 7.34. The third-order valence-corrected chi connectivity index (χ3v) is 8.13. The number of thioether (sulfide) groups is 1. The summed E-state index contributed by atoms with van der Waals surface area (Å²) < 4.78 is 65.3. The first-order chi connectivity index (χ1) is 20.4. The Labute approximate surface area is 244 Å². The van der Waals surface area contributed by atoms with Crippen molar-refractivity contribution in [2.24, 2.45) is 4.99 Å². The van der Waals surface area contributed by atoms with Crippen LogP contribution in [-0.4, -0.2) is 30.4 Å². The number of hydrogen-bond acceptors (Lipinski definition) is 6. The van der Waals surface area contributed by atoms with Crippen LogP contribution in [0.4, 0.5) is 17.6 Å². The number of amidine groups is 1. The predicted octanol–water partition coefficient (Wildman–Crippen LogP) is 8.88. The van der Waals surface area contributed by atoms with E-state index in [1.54, 1.807) is 31.4 Å². The van der Waals surface area contributed by atoms with Crippen LogP contribution in [0.1, 0.15) is 42.0 Å². The van der Waals surface area contributed by atoms with Crippen molar-refractivity contribution >= 4 is 28.7 Å². The van der Waals surface area contributed by atoms with Crippen molar-refractivity contribution in [2.45, 2.75) is 38.5 Å². The summed E-state index contributed by atoms with van der Waals surface area (Å²) in [5.74, 6) is 0.950. The van der Waals surface area contributed by atoms with Gasteiger partial charge in [-0.2, -0.15) is 17.6 Å². The van der Waals surface area contributed by atoms with Gasteiger partial charge in [-0.1, -0.05) is 36.0 Å². The number of methoxy groups -OCH3 is 1. The fraction of sp³-hybridized carbons (Fsp3) is 0.219. The van der Waals surface area contributed by atoms with Gasteiger partial charge in [0.1, 0.15) is 17.2 Å². The smallest absolute Gasteiger partial charge is 0.387 e. The summed E-state index contributed by atoms with van der Waals surface area (Å²) in [7, 11) is 1.63. The topological polar surface area (TPSA) is 43.3 Å². The highest BCUT2D eigenvalue weighted by atomic mass is 32.2. The van der Waals surface area contributed by atoms with E-state index in [0.29, 0.717) is 0 Å². The molecule has 5 nitrogen and oxygen atoms in total. The summed E-state index contributed by atoms with van der Waals surface area (Å²) in [5.41, 5.74) is 6.83. The predicted molar refractivity (Wildman–Crippen MR) is 156 cm³/mol. The van der Waals surface area contributed by atoms with Gasteiger partial charge in [-0.15, -0.1) is 0 Å². The van der Waals surface area contributed by atoms with Crippen LogP contribution >= 0.6 is 11.8 Å². The molecule has 0 spiro atoms. The number of rotatable bonds is 8. The van der Waals surface area contributed by atoms with Crippen LogP contribution in [0.3, 0.4) is 0 Å². The average molecular weight is 595 g/mol. The largest absolute Gasteiger partial charge is 0.497 e. The highest BCUT2D eigenvalue weighted by Crippen LogP contribution is 2.51. The van der Waals surface area contributed by atoms with Gasteiger partial charge in [0, 0.05) is 5.41 Å². The van der Waals surface area contributed by atoms with Gasteiger partial charge in [0.25, 0.3) is 0 Å². The fourth-order valence-electron chi connectivity index (χ4n) is 5.47. The first-order valence-electron chi connectivity index (χ1n) is 13.3. The maximum atomic E-state index is 12.8. The Morgan fingerprint density at radius 1 is 0.833 bits per heavy atom. The van der Waals surface area contributed by atoms with Crippen molar-refractivity contribution in [1.29, 1.82) is 0 Å². The van der Waals surface area contributed by atoms with Crippen molar-refractivity contribution < 1.29 is 31.8 Å². The van der Waals surface area contributed by atoms with Crippen LogP contribution in [-0.2, 0) is 0 Å². The van der Waals surface area contributed by atoms with Gasteiger partial charge < -0.3 is 19.1 Å². The SMILES string of the molecule is COc1ccc(C2=CSC3=NC4=C(CCC/C4=C/c4ccc(OC(F)F)cc4)[C@H](c4ccc(OC(F)F)cc4)N23)cc1. The summed E-state index contributed by atoms with van der Waals surface area (Å²) in [6.45, 7) is -5.78. The van der Waals surface area contributed by atoms with Crippen molar-refractivity contribution in [1.82, 2.24) is 4.90 Å². The second kappa shape index (κ2) is 12.0. The number of alkyl halides is 4. The minimum absolute atomic E-state index is 0.0952. The van der Waals surface area contributed by atoms with Gasteiger partial charge in [-0.05, 0) is 102 Å².